The maximum Gasteiger partial charge on any atom is 0.483 e. The van der Waals surface area contributed by atoms with Crippen LogP contribution >= 0.6 is 12.9 Å². The second kappa shape index (κ2) is 5.06. The van der Waals surface area contributed by atoms with Crippen molar-refractivity contribution in [2.45, 2.75) is 37.6 Å². The molecular weight excluding hydrogens is 234 g/mol. The lowest BCUT2D eigenvalue weighted by Crippen LogP contribution is -2.38. The molecule has 0 aliphatic heterocycles. The molecule has 0 heterocycles. The van der Waals surface area contributed by atoms with E-state index in [2.05, 4.69) is 26.9 Å². The maximum atomic E-state index is 12.6. The van der Waals surface area contributed by atoms with Crippen LogP contribution in [0.15, 0.2) is 0 Å². The summed E-state index contributed by atoms with van der Waals surface area (Å²) in [5, 5.41) is 9.22. The van der Waals surface area contributed by atoms with Crippen LogP contribution in [0.4, 0.5) is 8.78 Å². The normalized spacial score (nSPS) is 26.7. The van der Waals surface area contributed by atoms with Crippen molar-refractivity contribution < 1.29 is 32.6 Å². The largest absolute Gasteiger partial charge is 0.483 e. The molecule has 1 fully saturated rings. The van der Waals surface area contributed by atoms with E-state index in [4.69, 9.17) is 0 Å². The van der Waals surface area contributed by atoms with E-state index in [0.717, 1.165) is 0 Å². The summed E-state index contributed by atoms with van der Waals surface area (Å²) in [6.45, 7) is 0. The van der Waals surface area contributed by atoms with Crippen LogP contribution in [0.25, 0.3) is 0 Å². The molecule has 2 atom stereocenters. The van der Waals surface area contributed by atoms with Gasteiger partial charge in [-0.15, -0.1) is 4.89 Å². The molecule has 0 saturated heterocycles. The Labute approximate surface area is 89.8 Å². The number of hydrogen-bond acceptors (Lipinski definition) is 6. The number of hydrogen-bond donors (Lipinski definition) is 2. The minimum atomic E-state index is -4.22. The van der Waals surface area contributed by atoms with Crippen LogP contribution in [0.5, 0.6) is 0 Å². The van der Waals surface area contributed by atoms with Crippen molar-refractivity contribution in [1.29, 1.82) is 0 Å². The predicted octanol–water partition coefficient (Wildman–Crippen LogP) is 0.829. The first-order valence-electron chi connectivity index (χ1n) is 4.23. The molecule has 0 bridgehead atoms. The number of esters is 1. The fraction of sp³-hybridized carbons (Fsp3) is 0.857. The van der Waals surface area contributed by atoms with Crippen LogP contribution in [0.3, 0.4) is 0 Å². The lowest BCUT2D eigenvalue weighted by molar-refractivity contribution is -0.370. The van der Waals surface area contributed by atoms with Crippen molar-refractivity contribution in [3.63, 3.8) is 0 Å². The van der Waals surface area contributed by atoms with Crippen molar-refractivity contribution >= 4 is 18.9 Å². The molecule has 15 heavy (non-hydrogen) atoms. The van der Waals surface area contributed by atoms with Gasteiger partial charge in [-0.25, -0.2) is 4.79 Å². The van der Waals surface area contributed by atoms with E-state index in [9.17, 15) is 18.7 Å². The smallest absolute Gasteiger partial charge is 0.453 e. The zero-order valence-corrected chi connectivity index (χ0v) is 8.45. The van der Waals surface area contributed by atoms with Gasteiger partial charge >= 0.3 is 12.1 Å². The molecule has 88 valence electrons. The summed E-state index contributed by atoms with van der Waals surface area (Å²) in [6, 6.07) is 0. The lowest BCUT2D eigenvalue weighted by atomic mass is 10.3. The Hall–Kier alpha value is -0.440. The number of halogens is 2. The molecule has 0 amide bonds. The van der Waals surface area contributed by atoms with Crippen molar-refractivity contribution in [2.75, 3.05) is 0 Å². The number of aliphatic hydroxyl groups excluding tert-OH is 1. The third-order valence-corrected chi connectivity index (χ3v) is 2.13. The summed E-state index contributed by atoms with van der Waals surface area (Å²) in [7, 11) is 0. The molecule has 1 aliphatic carbocycles. The van der Waals surface area contributed by atoms with Crippen molar-refractivity contribution in [2.24, 2.45) is 0 Å². The molecule has 5 nitrogen and oxygen atoms in total. The van der Waals surface area contributed by atoms with Crippen LogP contribution in [-0.2, 0) is 18.8 Å². The maximum absolute atomic E-state index is 12.6. The van der Waals surface area contributed by atoms with Gasteiger partial charge in [-0.05, 0) is 19.3 Å². The number of alkyl halides is 2. The predicted molar refractivity (Wildman–Crippen MR) is 45.8 cm³/mol. The standard InChI is InChI=1S/C7H10F2O5S/c8-7(9,13-14-15)6(11)12-5-3-1-2-4(5)10/h4-5,10,15H,1-3H2. The van der Waals surface area contributed by atoms with Gasteiger partial charge in [-0.3, -0.25) is 0 Å². The van der Waals surface area contributed by atoms with Gasteiger partial charge in [0.05, 0.1) is 6.10 Å². The molecule has 0 aromatic heterocycles. The highest BCUT2D eigenvalue weighted by Crippen LogP contribution is 2.26. The molecule has 0 spiro atoms. The summed E-state index contributed by atoms with van der Waals surface area (Å²) >= 11 is 2.92. The van der Waals surface area contributed by atoms with Gasteiger partial charge in [-0.1, -0.05) is 0 Å². The second-order valence-electron chi connectivity index (χ2n) is 3.12. The third-order valence-electron chi connectivity index (χ3n) is 2.06. The van der Waals surface area contributed by atoms with Crippen molar-refractivity contribution in [3.05, 3.63) is 0 Å². The average Bonchev–Trinajstić information content (AvgIpc) is 2.52. The van der Waals surface area contributed by atoms with Gasteiger partial charge in [0.1, 0.15) is 6.10 Å². The van der Waals surface area contributed by atoms with E-state index in [1.807, 2.05) is 0 Å². The second-order valence-corrected chi connectivity index (χ2v) is 3.27. The van der Waals surface area contributed by atoms with E-state index < -0.39 is 24.3 Å². The van der Waals surface area contributed by atoms with E-state index >= 15 is 0 Å². The first kappa shape index (κ1) is 12.6. The summed E-state index contributed by atoms with van der Waals surface area (Å²) in [4.78, 5) is 14.1. The Morgan fingerprint density at radius 1 is 1.47 bits per heavy atom. The average molecular weight is 244 g/mol. The molecule has 1 rings (SSSR count). The monoisotopic (exact) mass is 244 g/mol. The van der Waals surface area contributed by atoms with Gasteiger partial charge in [0.2, 0.25) is 0 Å². The number of carbonyl (C=O) groups excluding carboxylic acids is 1. The fourth-order valence-electron chi connectivity index (χ4n) is 1.33. The molecular formula is C7H10F2O5S. The molecule has 0 aromatic carbocycles. The van der Waals surface area contributed by atoms with Crippen LogP contribution < -0.4 is 0 Å². The van der Waals surface area contributed by atoms with Crippen LogP contribution in [0.1, 0.15) is 19.3 Å². The SMILES string of the molecule is O=C(OC1CCCC1O)C(F)(F)OOS. The van der Waals surface area contributed by atoms with Crippen LogP contribution in [0, 0.1) is 0 Å². The van der Waals surface area contributed by atoms with E-state index in [0.29, 0.717) is 19.3 Å². The number of carbonyl (C=O) groups is 1. The molecule has 0 radical (unpaired) electrons. The minimum absolute atomic E-state index is 0.352. The first-order chi connectivity index (χ1) is 6.97. The molecule has 8 heteroatoms. The van der Waals surface area contributed by atoms with E-state index in [1.165, 1.54) is 0 Å². The van der Waals surface area contributed by atoms with Crippen LogP contribution in [-0.4, -0.2) is 29.4 Å². The number of aliphatic hydroxyl groups is 1. The quantitative estimate of drug-likeness (QED) is 0.252. The Kier molecular flexibility index (Phi) is 4.26. The van der Waals surface area contributed by atoms with Gasteiger partial charge in [0.25, 0.3) is 0 Å². The molecule has 0 aromatic rings. The number of thiol groups is 1. The highest BCUT2D eigenvalue weighted by atomic mass is 32.1. The molecule has 1 N–H and O–H groups in total. The minimum Gasteiger partial charge on any atom is -0.453 e. The van der Waals surface area contributed by atoms with Gasteiger partial charge < -0.3 is 9.84 Å². The summed E-state index contributed by atoms with van der Waals surface area (Å²) in [5.41, 5.74) is 0. The highest BCUT2D eigenvalue weighted by Gasteiger charge is 2.46. The Morgan fingerprint density at radius 3 is 2.60 bits per heavy atom. The van der Waals surface area contributed by atoms with E-state index in [1.54, 1.807) is 0 Å². The Bertz CT molecular complexity index is 237. The van der Waals surface area contributed by atoms with Crippen molar-refractivity contribution in [3.8, 4) is 0 Å². The van der Waals surface area contributed by atoms with Crippen LogP contribution in [0.2, 0.25) is 0 Å². The third kappa shape index (κ3) is 3.26. The number of rotatable bonds is 4. The van der Waals surface area contributed by atoms with Crippen molar-refractivity contribution in [1.82, 2.24) is 0 Å². The van der Waals surface area contributed by atoms with E-state index in [-0.39, 0.29) is 0 Å². The summed E-state index contributed by atoms with van der Waals surface area (Å²) in [6.07, 6.45) is -4.63. The summed E-state index contributed by atoms with van der Waals surface area (Å²) < 4.78 is 33.1. The Morgan fingerprint density at radius 2 is 2.13 bits per heavy atom. The molecule has 1 saturated carbocycles. The first-order valence-corrected chi connectivity index (χ1v) is 4.60. The summed E-state index contributed by atoms with van der Waals surface area (Å²) in [5.74, 6) is -1.90. The highest BCUT2D eigenvalue weighted by molar-refractivity contribution is 7.74. The molecule has 1 aliphatic rings. The molecule has 2 unspecified atom stereocenters. The zero-order valence-electron chi connectivity index (χ0n) is 7.56. The Balaban J connectivity index is 2.47. The fourth-order valence-corrected chi connectivity index (χ4v) is 1.42. The lowest BCUT2D eigenvalue weighted by Gasteiger charge is -2.18. The zero-order chi connectivity index (χ0) is 11.5. The number of ether oxygens (including phenoxy) is 1. The van der Waals surface area contributed by atoms with Gasteiger partial charge in [0, 0.05) is 12.9 Å². The van der Waals surface area contributed by atoms with Gasteiger partial charge in [-0.2, -0.15) is 13.1 Å². The van der Waals surface area contributed by atoms with Gasteiger partial charge in [0.15, 0.2) is 0 Å². The topological polar surface area (TPSA) is 65.0 Å².